The average Bonchev–Trinajstić information content (AvgIpc) is 2.29. The van der Waals surface area contributed by atoms with Crippen molar-refractivity contribution in [2.45, 2.75) is 6.10 Å². The van der Waals surface area contributed by atoms with Gasteiger partial charge in [-0.25, -0.2) is 4.79 Å². The summed E-state index contributed by atoms with van der Waals surface area (Å²) >= 11 is 11.5. The molecule has 0 aliphatic heterocycles. The lowest BCUT2D eigenvalue weighted by atomic mass is 10.3. The molecule has 7 heteroatoms. The van der Waals surface area contributed by atoms with Gasteiger partial charge in [0, 0.05) is 11.6 Å². The molecular formula is C10H12Cl2N2O3. The molecule has 0 saturated carbocycles. The zero-order valence-electron chi connectivity index (χ0n) is 8.78. The molecule has 1 rings (SSSR count). The van der Waals surface area contributed by atoms with E-state index < -0.39 is 18.7 Å². The molecule has 0 heterocycles. The van der Waals surface area contributed by atoms with Crippen molar-refractivity contribution in [3.8, 4) is 0 Å². The fourth-order valence-electron chi connectivity index (χ4n) is 1.03. The highest BCUT2D eigenvalue weighted by molar-refractivity contribution is 6.36. The number of nitrogens with one attached hydrogen (secondary N) is 2. The van der Waals surface area contributed by atoms with Gasteiger partial charge in [0.2, 0.25) is 0 Å². The van der Waals surface area contributed by atoms with Crippen molar-refractivity contribution in [2.24, 2.45) is 0 Å². The summed E-state index contributed by atoms with van der Waals surface area (Å²) < 4.78 is 0. The van der Waals surface area contributed by atoms with Gasteiger partial charge in [-0.1, -0.05) is 23.2 Å². The van der Waals surface area contributed by atoms with Gasteiger partial charge >= 0.3 is 6.03 Å². The number of aliphatic hydroxyl groups excluding tert-OH is 2. The molecule has 1 atom stereocenters. The number of benzene rings is 1. The molecule has 94 valence electrons. The van der Waals surface area contributed by atoms with E-state index in [0.717, 1.165) is 0 Å². The van der Waals surface area contributed by atoms with Crippen LogP contribution in [0.1, 0.15) is 0 Å². The van der Waals surface area contributed by atoms with Crippen LogP contribution in [0.3, 0.4) is 0 Å². The van der Waals surface area contributed by atoms with Gasteiger partial charge in [-0.15, -0.1) is 0 Å². The van der Waals surface area contributed by atoms with E-state index in [0.29, 0.717) is 15.7 Å². The Morgan fingerprint density at radius 1 is 1.41 bits per heavy atom. The topological polar surface area (TPSA) is 81.6 Å². The van der Waals surface area contributed by atoms with Crippen molar-refractivity contribution >= 4 is 34.9 Å². The number of rotatable bonds is 4. The fraction of sp³-hybridized carbons (Fsp3) is 0.300. The first-order valence-corrected chi connectivity index (χ1v) is 5.57. The maximum atomic E-state index is 11.4. The summed E-state index contributed by atoms with van der Waals surface area (Å²) in [5.41, 5.74) is 0.409. The maximum Gasteiger partial charge on any atom is 0.319 e. The summed E-state index contributed by atoms with van der Waals surface area (Å²) in [5.74, 6) is 0. The Labute approximate surface area is 108 Å². The van der Waals surface area contributed by atoms with Crippen LogP contribution in [0.2, 0.25) is 10.0 Å². The van der Waals surface area contributed by atoms with Gasteiger partial charge in [-0.05, 0) is 18.2 Å². The minimum Gasteiger partial charge on any atom is -0.394 e. The summed E-state index contributed by atoms with van der Waals surface area (Å²) in [6.45, 7) is -0.463. The van der Waals surface area contributed by atoms with Crippen molar-refractivity contribution in [3.63, 3.8) is 0 Å². The molecule has 1 aromatic rings. The average molecular weight is 279 g/mol. The largest absolute Gasteiger partial charge is 0.394 e. The van der Waals surface area contributed by atoms with Crippen LogP contribution in [0, 0.1) is 0 Å². The lowest BCUT2D eigenvalue weighted by Gasteiger charge is -2.11. The van der Waals surface area contributed by atoms with Crippen LogP contribution in [0.4, 0.5) is 10.5 Å². The molecule has 5 nitrogen and oxygen atoms in total. The molecule has 1 aromatic carbocycles. The molecule has 2 amide bonds. The number of hydrogen-bond acceptors (Lipinski definition) is 3. The summed E-state index contributed by atoms with van der Waals surface area (Å²) in [6, 6.07) is 4.13. The van der Waals surface area contributed by atoms with E-state index in [1.807, 2.05) is 0 Å². The highest BCUT2D eigenvalue weighted by Gasteiger charge is 2.08. The van der Waals surface area contributed by atoms with Crippen LogP contribution in [0.25, 0.3) is 0 Å². The number of anilines is 1. The third-order valence-electron chi connectivity index (χ3n) is 1.89. The van der Waals surface area contributed by atoms with Gasteiger partial charge in [-0.3, -0.25) is 0 Å². The van der Waals surface area contributed by atoms with E-state index >= 15 is 0 Å². The first-order chi connectivity index (χ1) is 8.02. The van der Waals surface area contributed by atoms with Gasteiger partial charge < -0.3 is 20.8 Å². The van der Waals surface area contributed by atoms with Crippen molar-refractivity contribution in [3.05, 3.63) is 28.2 Å². The van der Waals surface area contributed by atoms with Gasteiger partial charge in [-0.2, -0.15) is 0 Å². The van der Waals surface area contributed by atoms with Crippen molar-refractivity contribution in [1.82, 2.24) is 5.32 Å². The number of hydrogen-bond donors (Lipinski definition) is 4. The highest BCUT2D eigenvalue weighted by atomic mass is 35.5. The Morgan fingerprint density at radius 2 is 2.12 bits per heavy atom. The number of aliphatic hydroxyl groups is 2. The molecule has 0 bridgehead atoms. The molecule has 0 aromatic heterocycles. The molecule has 0 saturated heterocycles. The second-order valence-electron chi connectivity index (χ2n) is 3.30. The summed E-state index contributed by atoms with van der Waals surface area (Å²) in [4.78, 5) is 11.4. The lowest BCUT2D eigenvalue weighted by molar-refractivity contribution is 0.0965. The Hall–Kier alpha value is -1.01. The molecule has 0 aliphatic rings. The predicted molar refractivity (Wildman–Crippen MR) is 66.6 cm³/mol. The van der Waals surface area contributed by atoms with Gasteiger partial charge in [0.1, 0.15) is 0 Å². The first-order valence-electron chi connectivity index (χ1n) is 4.81. The molecule has 0 spiro atoms. The Kier molecular flexibility index (Phi) is 5.50. The van der Waals surface area contributed by atoms with Crippen molar-refractivity contribution in [2.75, 3.05) is 18.5 Å². The summed E-state index contributed by atoms with van der Waals surface area (Å²) in [7, 11) is 0. The van der Waals surface area contributed by atoms with Crippen LogP contribution in [0.5, 0.6) is 0 Å². The van der Waals surface area contributed by atoms with E-state index in [2.05, 4.69) is 10.6 Å². The smallest absolute Gasteiger partial charge is 0.319 e. The van der Waals surface area contributed by atoms with Crippen LogP contribution in [-0.2, 0) is 0 Å². The van der Waals surface area contributed by atoms with Crippen LogP contribution in [0.15, 0.2) is 18.2 Å². The molecule has 0 radical (unpaired) electrons. The van der Waals surface area contributed by atoms with E-state index in [1.165, 1.54) is 6.07 Å². The van der Waals surface area contributed by atoms with Crippen molar-refractivity contribution in [1.29, 1.82) is 0 Å². The molecule has 17 heavy (non-hydrogen) atoms. The quantitative estimate of drug-likeness (QED) is 0.673. The molecule has 1 unspecified atom stereocenters. The van der Waals surface area contributed by atoms with E-state index in [9.17, 15) is 4.79 Å². The third kappa shape index (κ3) is 4.79. The van der Waals surface area contributed by atoms with Gasteiger partial charge in [0.25, 0.3) is 0 Å². The number of carbonyl (C=O) groups is 1. The zero-order valence-corrected chi connectivity index (χ0v) is 10.3. The van der Waals surface area contributed by atoms with Crippen molar-refractivity contribution < 1.29 is 15.0 Å². The summed E-state index contributed by atoms with van der Waals surface area (Å²) in [6.07, 6.45) is -0.985. The molecule has 0 fully saturated rings. The third-order valence-corrected chi connectivity index (χ3v) is 2.44. The van der Waals surface area contributed by atoms with E-state index in [1.54, 1.807) is 12.1 Å². The Morgan fingerprint density at radius 3 is 2.71 bits per heavy atom. The summed E-state index contributed by atoms with van der Waals surface area (Å²) in [5, 5.41) is 23.2. The zero-order chi connectivity index (χ0) is 12.8. The van der Waals surface area contributed by atoms with Crippen LogP contribution in [-0.4, -0.2) is 35.5 Å². The fourth-order valence-corrected chi connectivity index (χ4v) is 1.49. The highest BCUT2D eigenvalue weighted by Crippen LogP contribution is 2.25. The number of carbonyl (C=O) groups excluding carboxylic acids is 1. The second kappa shape index (κ2) is 6.66. The first kappa shape index (κ1) is 14.1. The standard InChI is InChI=1S/C10H12Cl2N2O3/c11-6-1-2-9(8(12)3-6)14-10(17)13-4-7(16)5-15/h1-3,7,15-16H,4-5H2,(H2,13,14,17). The number of halogens is 2. The minimum atomic E-state index is -0.985. The van der Waals surface area contributed by atoms with Crippen LogP contribution >= 0.6 is 23.2 Å². The Balaban J connectivity index is 2.50. The number of amides is 2. The maximum absolute atomic E-state index is 11.4. The lowest BCUT2D eigenvalue weighted by Crippen LogP contribution is -2.36. The minimum absolute atomic E-state index is 0.0481. The SMILES string of the molecule is O=C(NCC(O)CO)Nc1ccc(Cl)cc1Cl. The van der Waals surface area contributed by atoms with Gasteiger partial charge in [0.15, 0.2) is 0 Å². The van der Waals surface area contributed by atoms with E-state index in [-0.39, 0.29) is 6.54 Å². The molecule has 4 N–H and O–H groups in total. The normalized spacial score (nSPS) is 12.0. The van der Waals surface area contributed by atoms with Gasteiger partial charge in [0.05, 0.1) is 23.4 Å². The molecule has 0 aliphatic carbocycles. The number of urea groups is 1. The van der Waals surface area contributed by atoms with E-state index in [4.69, 9.17) is 33.4 Å². The van der Waals surface area contributed by atoms with Crippen LogP contribution < -0.4 is 10.6 Å². The Bertz CT molecular complexity index is 401. The predicted octanol–water partition coefficient (Wildman–Crippen LogP) is 1.47. The monoisotopic (exact) mass is 278 g/mol. The second-order valence-corrected chi connectivity index (χ2v) is 4.14. The molecular weight excluding hydrogens is 267 g/mol.